The van der Waals surface area contributed by atoms with Crippen molar-refractivity contribution in [3.63, 3.8) is 0 Å². The molecule has 2 nitrogen and oxygen atoms in total. The van der Waals surface area contributed by atoms with Crippen molar-refractivity contribution in [1.82, 2.24) is 0 Å². The van der Waals surface area contributed by atoms with Crippen molar-refractivity contribution in [2.75, 3.05) is 5.73 Å². The first-order valence-corrected chi connectivity index (χ1v) is 6.18. The molecule has 2 aromatic rings. The predicted molar refractivity (Wildman–Crippen MR) is 77.5 cm³/mol. The molecule has 0 saturated carbocycles. The van der Waals surface area contributed by atoms with Gasteiger partial charge >= 0.3 is 0 Å². The highest BCUT2D eigenvalue weighted by Crippen LogP contribution is 2.27. The number of nitrogens with two attached hydrogens (primary N) is 2. The van der Waals surface area contributed by atoms with Gasteiger partial charge in [-0.3, -0.25) is 0 Å². The summed E-state index contributed by atoms with van der Waals surface area (Å²) in [6.45, 7) is 6.34. The van der Waals surface area contributed by atoms with Crippen molar-refractivity contribution in [3.8, 4) is 0 Å². The third kappa shape index (κ3) is 2.39. The number of nitrogen functional groups attached to an aromatic ring is 1. The van der Waals surface area contributed by atoms with E-state index in [1.54, 1.807) is 0 Å². The van der Waals surface area contributed by atoms with Crippen molar-refractivity contribution in [2.45, 2.75) is 26.8 Å². The van der Waals surface area contributed by atoms with Gasteiger partial charge in [0.15, 0.2) is 0 Å². The third-order valence-corrected chi connectivity index (χ3v) is 3.34. The molecule has 0 aliphatic heterocycles. The monoisotopic (exact) mass is 240 g/mol. The number of hydrogen-bond acceptors (Lipinski definition) is 2. The van der Waals surface area contributed by atoms with Gasteiger partial charge in [0.05, 0.1) is 6.04 Å². The Hall–Kier alpha value is -1.80. The Morgan fingerprint density at radius 1 is 0.889 bits per heavy atom. The van der Waals surface area contributed by atoms with Crippen LogP contribution in [0, 0.1) is 20.8 Å². The smallest absolute Gasteiger partial charge is 0.0556 e. The maximum atomic E-state index is 6.38. The molecule has 4 N–H and O–H groups in total. The van der Waals surface area contributed by atoms with Gasteiger partial charge in [-0.2, -0.15) is 0 Å². The molecule has 0 amide bonds. The van der Waals surface area contributed by atoms with E-state index >= 15 is 0 Å². The minimum Gasteiger partial charge on any atom is -0.399 e. The molecule has 0 spiro atoms. The SMILES string of the molecule is Cc1cc(C)c(C(N)c2ccc(N)cc2)c(C)c1. The predicted octanol–water partition coefficient (Wildman–Crippen LogP) is 3.24. The Labute approximate surface area is 109 Å². The van der Waals surface area contributed by atoms with E-state index in [0.717, 1.165) is 11.3 Å². The van der Waals surface area contributed by atoms with Gasteiger partial charge in [0.25, 0.3) is 0 Å². The molecule has 0 radical (unpaired) electrons. The molecule has 94 valence electrons. The zero-order valence-corrected chi connectivity index (χ0v) is 11.2. The summed E-state index contributed by atoms with van der Waals surface area (Å²) in [6, 6.07) is 12.1. The number of aryl methyl sites for hydroxylation is 3. The zero-order valence-electron chi connectivity index (χ0n) is 11.2. The Morgan fingerprint density at radius 2 is 1.39 bits per heavy atom. The summed E-state index contributed by atoms with van der Waals surface area (Å²) < 4.78 is 0. The van der Waals surface area contributed by atoms with E-state index in [0.29, 0.717) is 0 Å². The minimum atomic E-state index is -0.0915. The summed E-state index contributed by atoms with van der Waals surface area (Å²) in [5.41, 5.74) is 18.9. The second-order valence-corrected chi connectivity index (χ2v) is 4.96. The number of hydrogen-bond donors (Lipinski definition) is 2. The molecule has 0 fully saturated rings. The summed E-state index contributed by atoms with van der Waals surface area (Å²) in [5.74, 6) is 0. The lowest BCUT2D eigenvalue weighted by atomic mass is 9.90. The van der Waals surface area contributed by atoms with Gasteiger partial charge in [0.2, 0.25) is 0 Å². The van der Waals surface area contributed by atoms with Crippen LogP contribution in [0.2, 0.25) is 0 Å². The van der Waals surface area contributed by atoms with Gasteiger partial charge in [-0.15, -0.1) is 0 Å². The van der Waals surface area contributed by atoms with Gasteiger partial charge in [-0.1, -0.05) is 29.8 Å². The molecule has 1 unspecified atom stereocenters. The largest absolute Gasteiger partial charge is 0.399 e. The van der Waals surface area contributed by atoms with Crippen LogP contribution in [-0.2, 0) is 0 Å². The van der Waals surface area contributed by atoms with Gasteiger partial charge in [-0.25, -0.2) is 0 Å². The van der Waals surface area contributed by atoms with Gasteiger partial charge < -0.3 is 11.5 Å². The highest BCUT2D eigenvalue weighted by molar-refractivity contribution is 5.46. The molecule has 1 atom stereocenters. The molecule has 0 saturated heterocycles. The van der Waals surface area contributed by atoms with Crippen LogP contribution in [0.1, 0.15) is 33.9 Å². The summed E-state index contributed by atoms with van der Waals surface area (Å²) >= 11 is 0. The highest BCUT2D eigenvalue weighted by atomic mass is 14.6. The fraction of sp³-hybridized carbons (Fsp3) is 0.250. The summed E-state index contributed by atoms with van der Waals surface area (Å²) in [4.78, 5) is 0. The fourth-order valence-corrected chi connectivity index (χ4v) is 2.55. The maximum Gasteiger partial charge on any atom is 0.0556 e. The standard InChI is InChI=1S/C16H20N2/c1-10-8-11(2)15(12(3)9-10)16(18)13-4-6-14(17)7-5-13/h4-9,16H,17-18H2,1-3H3. The van der Waals surface area contributed by atoms with Crippen LogP contribution in [-0.4, -0.2) is 0 Å². The van der Waals surface area contributed by atoms with E-state index in [2.05, 4.69) is 32.9 Å². The third-order valence-electron chi connectivity index (χ3n) is 3.34. The molecule has 0 aromatic heterocycles. The topological polar surface area (TPSA) is 52.0 Å². The van der Waals surface area contributed by atoms with Crippen LogP contribution in [0.4, 0.5) is 5.69 Å². The summed E-state index contributed by atoms with van der Waals surface area (Å²) in [6.07, 6.45) is 0. The normalized spacial score (nSPS) is 12.4. The lowest BCUT2D eigenvalue weighted by molar-refractivity contribution is 0.850. The Kier molecular flexibility index (Phi) is 3.39. The molecule has 0 heterocycles. The molecule has 2 rings (SSSR count). The van der Waals surface area contributed by atoms with E-state index in [1.165, 1.54) is 22.3 Å². The van der Waals surface area contributed by atoms with Crippen molar-refractivity contribution >= 4 is 5.69 Å². The summed E-state index contributed by atoms with van der Waals surface area (Å²) in [5, 5.41) is 0. The van der Waals surface area contributed by atoms with Crippen molar-refractivity contribution in [1.29, 1.82) is 0 Å². The van der Waals surface area contributed by atoms with E-state index in [-0.39, 0.29) is 6.04 Å². The lowest BCUT2D eigenvalue weighted by Gasteiger charge is -2.19. The van der Waals surface area contributed by atoms with E-state index < -0.39 is 0 Å². The van der Waals surface area contributed by atoms with Crippen LogP contribution >= 0.6 is 0 Å². The second kappa shape index (κ2) is 4.83. The number of anilines is 1. The van der Waals surface area contributed by atoms with Crippen molar-refractivity contribution in [3.05, 3.63) is 64.2 Å². The molecular formula is C16H20N2. The van der Waals surface area contributed by atoms with Crippen LogP contribution in [0.5, 0.6) is 0 Å². The van der Waals surface area contributed by atoms with Crippen molar-refractivity contribution in [2.24, 2.45) is 5.73 Å². The zero-order chi connectivity index (χ0) is 13.3. The van der Waals surface area contributed by atoms with Crippen molar-refractivity contribution < 1.29 is 0 Å². The molecule has 0 aliphatic rings. The molecule has 0 bridgehead atoms. The molecular weight excluding hydrogens is 220 g/mol. The lowest BCUT2D eigenvalue weighted by Crippen LogP contribution is -2.15. The average molecular weight is 240 g/mol. The Balaban J connectivity index is 2.46. The molecule has 0 aliphatic carbocycles. The Bertz CT molecular complexity index is 533. The first-order chi connectivity index (χ1) is 8.49. The summed E-state index contributed by atoms with van der Waals surface area (Å²) in [7, 11) is 0. The number of rotatable bonds is 2. The number of benzene rings is 2. The second-order valence-electron chi connectivity index (χ2n) is 4.96. The molecule has 2 heteroatoms. The maximum absolute atomic E-state index is 6.38. The first kappa shape index (κ1) is 12.7. The van der Waals surface area contributed by atoms with Crippen LogP contribution in [0.15, 0.2) is 36.4 Å². The average Bonchev–Trinajstić information content (AvgIpc) is 2.28. The van der Waals surface area contributed by atoms with Gasteiger partial charge in [0, 0.05) is 5.69 Å². The molecule has 2 aromatic carbocycles. The first-order valence-electron chi connectivity index (χ1n) is 6.18. The fourth-order valence-electron chi connectivity index (χ4n) is 2.55. The quantitative estimate of drug-likeness (QED) is 0.792. The van der Waals surface area contributed by atoms with Crippen LogP contribution < -0.4 is 11.5 Å². The molecule has 18 heavy (non-hydrogen) atoms. The van der Waals surface area contributed by atoms with E-state index in [4.69, 9.17) is 11.5 Å². The minimum absolute atomic E-state index is 0.0915. The van der Waals surface area contributed by atoms with Crippen LogP contribution in [0.25, 0.3) is 0 Å². The van der Waals surface area contributed by atoms with Gasteiger partial charge in [-0.05, 0) is 55.2 Å². The Morgan fingerprint density at radius 3 is 1.89 bits per heavy atom. The highest BCUT2D eigenvalue weighted by Gasteiger charge is 2.14. The van der Waals surface area contributed by atoms with E-state index in [9.17, 15) is 0 Å². The van der Waals surface area contributed by atoms with Gasteiger partial charge in [0.1, 0.15) is 0 Å². The van der Waals surface area contributed by atoms with Crippen LogP contribution in [0.3, 0.4) is 0 Å². The van der Waals surface area contributed by atoms with E-state index in [1.807, 2.05) is 24.3 Å².